The Bertz CT molecular complexity index is 640. The van der Waals surface area contributed by atoms with E-state index in [9.17, 15) is 13.2 Å². The van der Waals surface area contributed by atoms with E-state index >= 15 is 0 Å². The number of halogens is 3. The van der Waals surface area contributed by atoms with Crippen LogP contribution in [0.3, 0.4) is 0 Å². The van der Waals surface area contributed by atoms with Crippen LogP contribution in [0.15, 0.2) is 16.7 Å². The normalized spacial score (nSPS) is 12.2. The first-order chi connectivity index (χ1) is 9.51. The number of rotatable bonds is 4. The third kappa shape index (κ3) is 2.96. The zero-order chi connectivity index (χ0) is 14.7. The van der Waals surface area contributed by atoms with Gasteiger partial charge in [0.2, 0.25) is 11.7 Å². The molecule has 1 unspecified atom stereocenters. The minimum absolute atomic E-state index is 0.00987. The second-order valence-corrected chi connectivity index (χ2v) is 4.44. The average molecular weight is 281 g/mol. The van der Waals surface area contributed by atoms with Gasteiger partial charge < -0.3 is 4.52 Å². The van der Waals surface area contributed by atoms with Crippen LogP contribution in [0.4, 0.5) is 13.2 Å². The molecular formula is C13H10F3N3O. The van der Waals surface area contributed by atoms with Crippen molar-refractivity contribution >= 4 is 0 Å². The topological polar surface area (TPSA) is 62.7 Å². The van der Waals surface area contributed by atoms with Crippen LogP contribution in [0.25, 0.3) is 11.4 Å². The molecule has 0 spiro atoms. The largest absolute Gasteiger partial charge is 0.339 e. The predicted molar refractivity (Wildman–Crippen MR) is 62.7 cm³/mol. The Kier molecular flexibility index (Phi) is 4.03. The molecule has 0 aliphatic heterocycles. The Hall–Kier alpha value is -2.36. The zero-order valence-corrected chi connectivity index (χ0v) is 10.5. The summed E-state index contributed by atoms with van der Waals surface area (Å²) in [7, 11) is 0. The van der Waals surface area contributed by atoms with Crippen LogP contribution in [0.1, 0.15) is 19.2 Å². The summed E-state index contributed by atoms with van der Waals surface area (Å²) < 4.78 is 44.0. The molecule has 0 aliphatic rings. The monoisotopic (exact) mass is 281 g/mol. The van der Waals surface area contributed by atoms with Crippen molar-refractivity contribution in [2.75, 3.05) is 0 Å². The van der Waals surface area contributed by atoms with Crippen molar-refractivity contribution in [3.63, 3.8) is 0 Å². The van der Waals surface area contributed by atoms with E-state index in [4.69, 9.17) is 9.78 Å². The lowest BCUT2D eigenvalue weighted by Gasteiger charge is -2.00. The van der Waals surface area contributed by atoms with Gasteiger partial charge in [0.1, 0.15) is 0 Å². The van der Waals surface area contributed by atoms with Gasteiger partial charge in [-0.1, -0.05) is 12.1 Å². The first-order valence-electron chi connectivity index (χ1n) is 5.85. The molecule has 1 aromatic heterocycles. The molecule has 0 radical (unpaired) electrons. The summed E-state index contributed by atoms with van der Waals surface area (Å²) in [6, 6.07) is 3.61. The summed E-state index contributed by atoms with van der Waals surface area (Å²) in [5.41, 5.74) is -0.00987. The maximum absolute atomic E-state index is 13.1. The molecule has 4 nitrogen and oxygen atoms in total. The molecule has 0 saturated carbocycles. The van der Waals surface area contributed by atoms with Crippen LogP contribution in [0.2, 0.25) is 0 Å². The molecular weight excluding hydrogens is 271 g/mol. The fourth-order valence-corrected chi connectivity index (χ4v) is 1.67. The Morgan fingerprint density at radius 3 is 2.55 bits per heavy atom. The summed E-state index contributed by atoms with van der Waals surface area (Å²) in [5, 5.41) is 12.1. The summed E-state index contributed by atoms with van der Waals surface area (Å²) in [4.78, 5) is 3.97. The van der Waals surface area contributed by atoms with E-state index < -0.39 is 17.5 Å². The fraction of sp³-hybridized carbons (Fsp3) is 0.308. The summed E-state index contributed by atoms with van der Waals surface area (Å²) in [6.07, 6.45) is 0.713. The third-order valence-corrected chi connectivity index (χ3v) is 2.67. The molecule has 0 bridgehead atoms. The van der Waals surface area contributed by atoms with Gasteiger partial charge in [0.25, 0.3) is 0 Å². The number of nitriles is 1. The lowest BCUT2D eigenvalue weighted by Crippen LogP contribution is -1.98. The van der Waals surface area contributed by atoms with E-state index in [1.165, 1.54) is 0 Å². The molecule has 7 heteroatoms. The second kappa shape index (κ2) is 5.74. The van der Waals surface area contributed by atoms with Crippen molar-refractivity contribution in [3.8, 4) is 17.5 Å². The van der Waals surface area contributed by atoms with Crippen molar-refractivity contribution in [1.82, 2.24) is 10.1 Å². The minimum Gasteiger partial charge on any atom is -0.339 e. The predicted octanol–water partition coefficient (Wildman–Crippen LogP) is 3.25. The van der Waals surface area contributed by atoms with Gasteiger partial charge in [-0.15, -0.1) is 0 Å². The van der Waals surface area contributed by atoms with Gasteiger partial charge >= 0.3 is 0 Å². The van der Waals surface area contributed by atoms with Crippen molar-refractivity contribution in [2.24, 2.45) is 5.92 Å². The molecule has 1 aromatic carbocycles. The van der Waals surface area contributed by atoms with Gasteiger partial charge in [0, 0.05) is 18.4 Å². The summed E-state index contributed by atoms with van der Waals surface area (Å²) >= 11 is 0. The summed E-state index contributed by atoms with van der Waals surface area (Å²) in [5.74, 6) is -3.92. The van der Waals surface area contributed by atoms with Gasteiger partial charge in [0.05, 0.1) is 6.07 Å². The molecule has 0 aliphatic carbocycles. The number of aromatic nitrogens is 2. The molecule has 20 heavy (non-hydrogen) atoms. The van der Waals surface area contributed by atoms with Crippen molar-refractivity contribution in [3.05, 3.63) is 35.5 Å². The summed E-state index contributed by atoms with van der Waals surface area (Å²) in [6.45, 7) is 1.84. The van der Waals surface area contributed by atoms with Crippen LogP contribution in [-0.4, -0.2) is 10.1 Å². The lowest BCUT2D eigenvalue weighted by atomic mass is 10.1. The van der Waals surface area contributed by atoms with Crippen LogP contribution in [-0.2, 0) is 6.42 Å². The van der Waals surface area contributed by atoms with Gasteiger partial charge in [-0.25, -0.2) is 13.2 Å². The highest BCUT2D eigenvalue weighted by molar-refractivity contribution is 5.54. The van der Waals surface area contributed by atoms with Gasteiger partial charge in [-0.3, -0.25) is 0 Å². The number of hydrogen-bond donors (Lipinski definition) is 0. The van der Waals surface area contributed by atoms with Gasteiger partial charge in [0.15, 0.2) is 17.5 Å². The Labute approximate surface area is 112 Å². The van der Waals surface area contributed by atoms with Crippen molar-refractivity contribution in [1.29, 1.82) is 5.26 Å². The number of hydrogen-bond acceptors (Lipinski definition) is 4. The Morgan fingerprint density at radius 2 is 1.95 bits per heavy atom. The first-order valence-corrected chi connectivity index (χ1v) is 5.85. The highest BCUT2D eigenvalue weighted by Crippen LogP contribution is 2.22. The van der Waals surface area contributed by atoms with Gasteiger partial charge in [-0.2, -0.15) is 10.2 Å². The molecule has 1 atom stereocenters. The van der Waals surface area contributed by atoms with E-state index in [1.54, 1.807) is 0 Å². The van der Waals surface area contributed by atoms with Gasteiger partial charge in [-0.05, 0) is 18.1 Å². The van der Waals surface area contributed by atoms with E-state index in [-0.39, 0.29) is 23.2 Å². The Morgan fingerprint density at radius 1 is 1.30 bits per heavy atom. The van der Waals surface area contributed by atoms with E-state index in [0.717, 1.165) is 12.1 Å². The standard InChI is InChI=1S/C13H10F3N3O/c1-7(2-3-17)4-11-18-13(19-20-11)8-5-9(14)12(16)10(15)6-8/h5-7H,2,4H2,1H3. The maximum Gasteiger partial charge on any atom is 0.227 e. The third-order valence-electron chi connectivity index (χ3n) is 2.67. The Balaban J connectivity index is 2.23. The average Bonchev–Trinajstić information content (AvgIpc) is 2.84. The van der Waals surface area contributed by atoms with E-state index in [0.29, 0.717) is 12.8 Å². The molecule has 0 N–H and O–H groups in total. The second-order valence-electron chi connectivity index (χ2n) is 4.44. The van der Waals surface area contributed by atoms with E-state index in [2.05, 4.69) is 10.1 Å². The lowest BCUT2D eigenvalue weighted by molar-refractivity contribution is 0.359. The maximum atomic E-state index is 13.1. The van der Waals surface area contributed by atoms with Crippen LogP contribution in [0, 0.1) is 34.7 Å². The molecule has 2 aromatic rings. The molecule has 0 saturated heterocycles. The number of nitrogens with zero attached hydrogens (tertiary/aromatic N) is 3. The quantitative estimate of drug-likeness (QED) is 0.807. The molecule has 1 heterocycles. The highest BCUT2D eigenvalue weighted by Gasteiger charge is 2.16. The highest BCUT2D eigenvalue weighted by atomic mass is 19.2. The molecule has 2 rings (SSSR count). The van der Waals surface area contributed by atoms with Crippen molar-refractivity contribution < 1.29 is 17.7 Å². The van der Waals surface area contributed by atoms with Crippen LogP contribution >= 0.6 is 0 Å². The van der Waals surface area contributed by atoms with E-state index in [1.807, 2.05) is 13.0 Å². The van der Waals surface area contributed by atoms with Crippen LogP contribution < -0.4 is 0 Å². The minimum atomic E-state index is -1.54. The zero-order valence-electron chi connectivity index (χ0n) is 10.5. The number of benzene rings is 1. The smallest absolute Gasteiger partial charge is 0.227 e. The molecule has 0 fully saturated rings. The van der Waals surface area contributed by atoms with Crippen molar-refractivity contribution in [2.45, 2.75) is 19.8 Å². The first kappa shape index (κ1) is 14.1. The molecule has 104 valence electrons. The fourth-order valence-electron chi connectivity index (χ4n) is 1.67. The molecule has 0 amide bonds. The van der Waals surface area contributed by atoms with Crippen LogP contribution in [0.5, 0.6) is 0 Å². The SMILES string of the molecule is CC(CC#N)Cc1nc(-c2cc(F)c(F)c(F)c2)no1.